The molecule has 3 unspecified atom stereocenters. The Morgan fingerprint density at radius 1 is 1.44 bits per heavy atom. The Hall–Kier alpha value is -1.37. The van der Waals surface area contributed by atoms with Crippen molar-refractivity contribution in [2.75, 3.05) is 13.2 Å². The summed E-state index contributed by atoms with van der Waals surface area (Å²) in [5.41, 5.74) is 1.19. The molecule has 3 nitrogen and oxygen atoms in total. The Morgan fingerprint density at radius 3 is 2.83 bits per heavy atom. The van der Waals surface area contributed by atoms with E-state index in [0.717, 1.165) is 19.6 Å². The normalized spacial score (nSPS) is 22.3. The smallest absolute Gasteiger partial charge is 0.0641 e. The second-order valence-electron chi connectivity index (χ2n) is 4.90. The molecule has 0 radical (unpaired) electrons. The van der Waals surface area contributed by atoms with E-state index in [1.165, 1.54) is 5.56 Å². The average molecular weight is 244 g/mol. The molecule has 1 aromatic rings. The summed E-state index contributed by atoms with van der Waals surface area (Å²) in [7, 11) is 0. The zero-order valence-electron chi connectivity index (χ0n) is 10.8. The first-order chi connectivity index (χ1) is 8.81. The third kappa shape index (κ3) is 3.32. The first-order valence-corrected chi connectivity index (χ1v) is 6.57. The van der Waals surface area contributed by atoms with Crippen molar-refractivity contribution in [1.82, 2.24) is 5.32 Å². The van der Waals surface area contributed by atoms with Gasteiger partial charge in [0.1, 0.15) is 0 Å². The second-order valence-corrected chi connectivity index (χ2v) is 4.90. The number of ether oxygens (including phenoxy) is 1. The van der Waals surface area contributed by atoms with Gasteiger partial charge in [0.2, 0.25) is 0 Å². The number of nitrogens with zero attached hydrogens (tertiary/aromatic N) is 1. The lowest BCUT2D eigenvalue weighted by Gasteiger charge is -2.25. The van der Waals surface area contributed by atoms with E-state index in [9.17, 15) is 0 Å². The summed E-state index contributed by atoms with van der Waals surface area (Å²) in [4.78, 5) is 0. The van der Waals surface area contributed by atoms with E-state index in [2.05, 4.69) is 30.4 Å². The molecule has 1 saturated heterocycles. The van der Waals surface area contributed by atoms with Gasteiger partial charge in [0.05, 0.1) is 19.1 Å². The Morgan fingerprint density at radius 2 is 2.22 bits per heavy atom. The number of nitrogens with one attached hydrogen (secondary N) is 1. The van der Waals surface area contributed by atoms with Crippen LogP contribution in [-0.2, 0) is 4.74 Å². The van der Waals surface area contributed by atoms with Gasteiger partial charge in [0.15, 0.2) is 0 Å². The van der Waals surface area contributed by atoms with Crippen molar-refractivity contribution in [3.63, 3.8) is 0 Å². The van der Waals surface area contributed by atoms with Crippen LogP contribution in [0.3, 0.4) is 0 Å². The fourth-order valence-electron chi connectivity index (χ4n) is 2.45. The first-order valence-electron chi connectivity index (χ1n) is 6.57. The molecule has 1 N–H and O–H groups in total. The highest BCUT2D eigenvalue weighted by Gasteiger charge is 2.24. The van der Waals surface area contributed by atoms with Gasteiger partial charge in [-0.1, -0.05) is 30.3 Å². The molecule has 0 spiro atoms. The molecule has 1 aliphatic rings. The lowest BCUT2D eigenvalue weighted by Crippen LogP contribution is -2.36. The monoisotopic (exact) mass is 244 g/mol. The maximum absolute atomic E-state index is 8.96. The van der Waals surface area contributed by atoms with E-state index in [4.69, 9.17) is 10.00 Å². The molecule has 1 aromatic carbocycles. The van der Waals surface area contributed by atoms with Gasteiger partial charge in [-0.3, -0.25) is 0 Å². The Labute approximate surface area is 109 Å². The molecule has 3 heteroatoms. The van der Waals surface area contributed by atoms with Gasteiger partial charge in [-0.25, -0.2) is 0 Å². The van der Waals surface area contributed by atoms with Gasteiger partial charge in [0, 0.05) is 18.7 Å². The SMILES string of the molecule is CC(NC(CC#N)c1ccccc1)C1CCOC1. The van der Waals surface area contributed by atoms with Crippen LogP contribution in [-0.4, -0.2) is 19.3 Å². The number of hydrogen-bond donors (Lipinski definition) is 1. The first kappa shape index (κ1) is 13.1. The molecule has 3 atom stereocenters. The molecule has 0 aromatic heterocycles. The molecule has 18 heavy (non-hydrogen) atoms. The number of rotatable bonds is 5. The number of nitriles is 1. The van der Waals surface area contributed by atoms with Crippen LogP contribution in [0.5, 0.6) is 0 Å². The third-order valence-corrected chi connectivity index (χ3v) is 3.63. The minimum Gasteiger partial charge on any atom is -0.381 e. The Bertz CT molecular complexity index is 393. The van der Waals surface area contributed by atoms with Crippen molar-refractivity contribution in [2.24, 2.45) is 5.92 Å². The quantitative estimate of drug-likeness (QED) is 0.866. The molecule has 0 bridgehead atoms. The Kier molecular flexibility index (Phi) is 4.74. The molecular formula is C15H20N2O. The minimum atomic E-state index is 0.117. The van der Waals surface area contributed by atoms with E-state index >= 15 is 0 Å². The summed E-state index contributed by atoms with van der Waals surface area (Å²) < 4.78 is 5.42. The Balaban J connectivity index is 2.00. The van der Waals surface area contributed by atoms with Crippen LogP contribution in [0, 0.1) is 17.2 Å². The zero-order chi connectivity index (χ0) is 12.8. The van der Waals surface area contributed by atoms with Crippen LogP contribution in [0.1, 0.15) is 31.4 Å². The van der Waals surface area contributed by atoms with Crippen LogP contribution in [0.4, 0.5) is 0 Å². The van der Waals surface area contributed by atoms with Crippen molar-refractivity contribution in [1.29, 1.82) is 5.26 Å². The van der Waals surface area contributed by atoms with Gasteiger partial charge < -0.3 is 10.1 Å². The van der Waals surface area contributed by atoms with E-state index in [-0.39, 0.29) is 6.04 Å². The predicted molar refractivity (Wildman–Crippen MR) is 70.9 cm³/mol. The second kappa shape index (κ2) is 6.53. The maximum Gasteiger partial charge on any atom is 0.0641 e. The van der Waals surface area contributed by atoms with Crippen LogP contribution >= 0.6 is 0 Å². The van der Waals surface area contributed by atoms with Crippen molar-refractivity contribution in [3.8, 4) is 6.07 Å². The molecule has 0 amide bonds. The van der Waals surface area contributed by atoms with Crippen molar-refractivity contribution in [3.05, 3.63) is 35.9 Å². The average Bonchev–Trinajstić information content (AvgIpc) is 2.93. The van der Waals surface area contributed by atoms with Crippen LogP contribution in [0.2, 0.25) is 0 Å². The van der Waals surface area contributed by atoms with Gasteiger partial charge >= 0.3 is 0 Å². The lowest BCUT2D eigenvalue weighted by atomic mass is 9.97. The minimum absolute atomic E-state index is 0.117. The fraction of sp³-hybridized carbons (Fsp3) is 0.533. The van der Waals surface area contributed by atoms with Gasteiger partial charge in [-0.15, -0.1) is 0 Å². The van der Waals surface area contributed by atoms with Gasteiger partial charge in [0.25, 0.3) is 0 Å². The summed E-state index contributed by atoms with van der Waals surface area (Å²) in [6.45, 7) is 3.89. The van der Waals surface area contributed by atoms with Crippen molar-refractivity contribution >= 4 is 0 Å². The molecule has 1 aliphatic heterocycles. The molecule has 1 fully saturated rings. The van der Waals surface area contributed by atoms with Gasteiger partial charge in [-0.05, 0) is 24.8 Å². The van der Waals surface area contributed by atoms with E-state index in [1.54, 1.807) is 0 Å². The highest BCUT2D eigenvalue weighted by Crippen LogP contribution is 2.22. The summed E-state index contributed by atoms with van der Waals surface area (Å²) in [6, 6.07) is 13.0. The number of benzene rings is 1. The molecular weight excluding hydrogens is 224 g/mol. The zero-order valence-corrected chi connectivity index (χ0v) is 10.8. The van der Waals surface area contributed by atoms with Gasteiger partial charge in [-0.2, -0.15) is 5.26 Å². The topological polar surface area (TPSA) is 45.0 Å². The summed E-state index contributed by atoms with van der Waals surface area (Å²) >= 11 is 0. The summed E-state index contributed by atoms with van der Waals surface area (Å²) in [5.74, 6) is 0.565. The van der Waals surface area contributed by atoms with Crippen molar-refractivity contribution in [2.45, 2.75) is 31.8 Å². The highest BCUT2D eigenvalue weighted by atomic mass is 16.5. The van der Waals surface area contributed by atoms with E-state index in [0.29, 0.717) is 18.4 Å². The predicted octanol–water partition coefficient (Wildman–Crippen LogP) is 2.66. The largest absolute Gasteiger partial charge is 0.381 e. The fourth-order valence-corrected chi connectivity index (χ4v) is 2.45. The number of hydrogen-bond acceptors (Lipinski definition) is 3. The molecule has 96 valence electrons. The standard InChI is InChI=1S/C15H20N2O/c1-12(14-8-10-18-11-14)17-15(7-9-16)13-5-3-2-4-6-13/h2-6,12,14-15,17H,7-8,10-11H2,1H3. The van der Waals surface area contributed by atoms with Crippen LogP contribution in [0.15, 0.2) is 30.3 Å². The molecule has 0 saturated carbocycles. The summed E-state index contributed by atoms with van der Waals surface area (Å²) in [5, 5.41) is 12.5. The van der Waals surface area contributed by atoms with Crippen molar-refractivity contribution < 1.29 is 4.74 Å². The third-order valence-electron chi connectivity index (χ3n) is 3.63. The molecule has 0 aliphatic carbocycles. The summed E-state index contributed by atoms with van der Waals surface area (Å²) in [6.07, 6.45) is 1.62. The maximum atomic E-state index is 8.96. The van der Waals surface area contributed by atoms with Crippen LogP contribution in [0.25, 0.3) is 0 Å². The lowest BCUT2D eigenvalue weighted by molar-refractivity contribution is 0.176. The van der Waals surface area contributed by atoms with E-state index in [1.807, 2.05) is 18.2 Å². The van der Waals surface area contributed by atoms with E-state index < -0.39 is 0 Å². The molecule has 1 heterocycles. The highest BCUT2D eigenvalue weighted by molar-refractivity contribution is 5.20. The van der Waals surface area contributed by atoms with Crippen LogP contribution < -0.4 is 5.32 Å². The molecule has 2 rings (SSSR count).